The molecule has 0 bridgehead atoms. The van der Waals surface area contributed by atoms with Crippen molar-refractivity contribution in [3.63, 3.8) is 0 Å². The molecule has 1 aliphatic rings. The molecule has 92 valence electrons. The van der Waals surface area contributed by atoms with Crippen molar-refractivity contribution < 1.29 is 19.1 Å². The van der Waals surface area contributed by atoms with E-state index in [1.54, 1.807) is 20.8 Å². The van der Waals surface area contributed by atoms with Crippen molar-refractivity contribution in [3.8, 4) is 0 Å². The number of hydrogen-bond donors (Lipinski definition) is 0. The summed E-state index contributed by atoms with van der Waals surface area (Å²) in [5, 5.41) is 0. The minimum Gasteiger partial charge on any atom is -0.462 e. The second-order valence-electron chi connectivity index (χ2n) is 4.50. The van der Waals surface area contributed by atoms with E-state index in [-0.39, 0.29) is 17.8 Å². The summed E-state index contributed by atoms with van der Waals surface area (Å²) in [6, 6.07) is 0. The predicted octanol–water partition coefficient (Wildman–Crippen LogP) is 1.57. The molecule has 16 heavy (non-hydrogen) atoms. The summed E-state index contributed by atoms with van der Waals surface area (Å²) in [6.45, 7) is 6.42. The van der Waals surface area contributed by atoms with Crippen molar-refractivity contribution in [1.29, 1.82) is 0 Å². The first-order valence-corrected chi connectivity index (χ1v) is 5.84. The summed E-state index contributed by atoms with van der Waals surface area (Å²) in [6.07, 6.45) is 1.27. The van der Waals surface area contributed by atoms with E-state index < -0.39 is 11.9 Å². The van der Waals surface area contributed by atoms with Gasteiger partial charge in [0.1, 0.15) is 11.7 Å². The molecule has 0 aliphatic carbocycles. The highest BCUT2D eigenvalue weighted by Gasteiger charge is 2.31. The normalized spacial score (nSPS) is 19.5. The van der Waals surface area contributed by atoms with Gasteiger partial charge in [-0.1, -0.05) is 0 Å². The zero-order valence-corrected chi connectivity index (χ0v) is 10.2. The van der Waals surface area contributed by atoms with Crippen molar-refractivity contribution in [2.75, 3.05) is 13.2 Å². The van der Waals surface area contributed by atoms with Crippen molar-refractivity contribution in [2.24, 2.45) is 11.8 Å². The van der Waals surface area contributed by atoms with Gasteiger partial charge in [-0.05, 0) is 33.6 Å². The first-order chi connectivity index (χ1) is 7.52. The molecule has 0 aromatic carbocycles. The molecule has 0 saturated carbocycles. The van der Waals surface area contributed by atoms with Crippen LogP contribution < -0.4 is 0 Å². The lowest BCUT2D eigenvalue weighted by atomic mass is 9.88. The van der Waals surface area contributed by atoms with Crippen molar-refractivity contribution in [2.45, 2.75) is 39.7 Å². The van der Waals surface area contributed by atoms with E-state index >= 15 is 0 Å². The fourth-order valence-corrected chi connectivity index (χ4v) is 1.79. The van der Waals surface area contributed by atoms with E-state index in [1.807, 2.05) is 0 Å². The molecule has 1 atom stereocenters. The minimum absolute atomic E-state index is 0.00560. The summed E-state index contributed by atoms with van der Waals surface area (Å²) >= 11 is 0. The van der Waals surface area contributed by atoms with Crippen molar-refractivity contribution >= 4 is 11.8 Å². The molecule has 1 fully saturated rings. The van der Waals surface area contributed by atoms with Gasteiger partial charge >= 0.3 is 5.97 Å². The SMILES string of the molecule is CC(C)OC(=O)C(C)C(=O)C1CCOCC1. The third kappa shape index (κ3) is 3.59. The number of ether oxygens (including phenoxy) is 2. The van der Waals surface area contributed by atoms with Crippen LogP contribution in [0, 0.1) is 11.8 Å². The topological polar surface area (TPSA) is 52.6 Å². The maximum Gasteiger partial charge on any atom is 0.316 e. The van der Waals surface area contributed by atoms with Crippen LogP contribution in [0.15, 0.2) is 0 Å². The standard InChI is InChI=1S/C12H20O4/c1-8(2)16-12(14)9(3)11(13)10-4-6-15-7-5-10/h8-10H,4-7H2,1-3H3. The van der Waals surface area contributed by atoms with Crippen LogP contribution in [0.1, 0.15) is 33.6 Å². The number of hydrogen-bond acceptors (Lipinski definition) is 4. The van der Waals surface area contributed by atoms with E-state index in [0.29, 0.717) is 13.2 Å². The first-order valence-electron chi connectivity index (χ1n) is 5.84. The van der Waals surface area contributed by atoms with Crippen LogP contribution in [0.2, 0.25) is 0 Å². The highest BCUT2D eigenvalue weighted by Crippen LogP contribution is 2.20. The number of carbonyl (C=O) groups excluding carboxylic acids is 2. The van der Waals surface area contributed by atoms with Gasteiger partial charge in [0, 0.05) is 19.1 Å². The number of ketones is 1. The Bertz CT molecular complexity index is 254. The highest BCUT2D eigenvalue weighted by atomic mass is 16.5. The zero-order valence-electron chi connectivity index (χ0n) is 10.2. The fraction of sp³-hybridized carbons (Fsp3) is 0.833. The summed E-state index contributed by atoms with van der Waals surface area (Å²) in [5.41, 5.74) is 0. The average molecular weight is 228 g/mol. The lowest BCUT2D eigenvalue weighted by Crippen LogP contribution is -2.33. The summed E-state index contributed by atoms with van der Waals surface area (Å²) in [4.78, 5) is 23.5. The largest absolute Gasteiger partial charge is 0.462 e. The van der Waals surface area contributed by atoms with Gasteiger partial charge in [0.25, 0.3) is 0 Å². The van der Waals surface area contributed by atoms with Crippen LogP contribution in [-0.4, -0.2) is 31.1 Å². The number of carbonyl (C=O) groups is 2. The zero-order chi connectivity index (χ0) is 12.1. The van der Waals surface area contributed by atoms with Crippen LogP contribution in [0.4, 0.5) is 0 Å². The molecule has 0 spiro atoms. The fourth-order valence-electron chi connectivity index (χ4n) is 1.79. The molecule has 1 rings (SSSR count). The molecule has 0 aromatic heterocycles. The van der Waals surface area contributed by atoms with Crippen LogP contribution in [0.3, 0.4) is 0 Å². The quantitative estimate of drug-likeness (QED) is 0.541. The highest BCUT2D eigenvalue weighted by molar-refractivity contribution is 5.99. The molecule has 1 aliphatic heterocycles. The monoisotopic (exact) mass is 228 g/mol. The average Bonchev–Trinajstić information content (AvgIpc) is 2.27. The third-order valence-electron chi connectivity index (χ3n) is 2.76. The number of rotatable bonds is 4. The second-order valence-corrected chi connectivity index (χ2v) is 4.50. The van der Waals surface area contributed by atoms with E-state index in [4.69, 9.17) is 9.47 Å². The van der Waals surface area contributed by atoms with E-state index in [9.17, 15) is 9.59 Å². The maximum absolute atomic E-state index is 12.0. The van der Waals surface area contributed by atoms with E-state index in [1.165, 1.54) is 0 Å². The molecule has 0 amide bonds. The molecular weight excluding hydrogens is 208 g/mol. The van der Waals surface area contributed by atoms with Gasteiger partial charge in [-0.25, -0.2) is 0 Å². The summed E-state index contributed by atoms with van der Waals surface area (Å²) in [7, 11) is 0. The Kier molecular flexibility index (Phi) is 4.93. The van der Waals surface area contributed by atoms with Gasteiger partial charge in [0.05, 0.1) is 6.10 Å². The Balaban J connectivity index is 2.48. The molecule has 1 unspecified atom stereocenters. The van der Waals surface area contributed by atoms with Gasteiger partial charge in [-0.3, -0.25) is 9.59 Å². The molecule has 0 N–H and O–H groups in total. The van der Waals surface area contributed by atoms with Gasteiger partial charge in [-0.2, -0.15) is 0 Å². The van der Waals surface area contributed by atoms with Crippen LogP contribution >= 0.6 is 0 Å². The molecule has 4 nitrogen and oxygen atoms in total. The van der Waals surface area contributed by atoms with Crippen molar-refractivity contribution in [1.82, 2.24) is 0 Å². The Morgan fingerprint density at radius 2 is 1.75 bits per heavy atom. The van der Waals surface area contributed by atoms with Crippen molar-refractivity contribution in [3.05, 3.63) is 0 Å². The number of esters is 1. The van der Waals surface area contributed by atoms with E-state index in [2.05, 4.69) is 0 Å². The molecule has 0 radical (unpaired) electrons. The summed E-state index contributed by atoms with van der Waals surface area (Å²) < 4.78 is 10.2. The minimum atomic E-state index is -0.648. The van der Waals surface area contributed by atoms with Gasteiger partial charge in [0.15, 0.2) is 0 Å². The Morgan fingerprint density at radius 1 is 1.19 bits per heavy atom. The molecular formula is C12H20O4. The molecule has 1 heterocycles. The molecule has 1 saturated heterocycles. The lowest BCUT2D eigenvalue weighted by Gasteiger charge is -2.23. The predicted molar refractivity (Wildman–Crippen MR) is 58.9 cm³/mol. The second kappa shape index (κ2) is 5.99. The first kappa shape index (κ1) is 13.2. The van der Waals surface area contributed by atoms with Crippen LogP contribution in [-0.2, 0) is 19.1 Å². The third-order valence-corrected chi connectivity index (χ3v) is 2.76. The smallest absolute Gasteiger partial charge is 0.316 e. The Morgan fingerprint density at radius 3 is 2.25 bits per heavy atom. The lowest BCUT2D eigenvalue weighted by molar-refractivity contribution is -0.156. The van der Waals surface area contributed by atoms with Gasteiger partial charge < -0.3 is 9.47 Å². The van der Waals surface area contributed by atoms with Crippen LogP contribution in [0.5, 0.6) is 0 Å². The Labute approximate surface area is 96.3 Å². The summed E-state index contributed by atoms with van der Waals surface area (Å²) in [5.74, 6) is -1.10. The maximum atomic E-state index is 12.0. The van der Waals surface area contributed by atoms with Crippen LogP contribution in [0.25, 0.3) is 0 Å². The number of Topliss-reactive ketones (excluding diaryl/α,β-unsaturated/α-hetero) is 1. The molecule has 0 aromatic rings. The van der Waals surface area contributed by atoms with Gasteiger partial charge in [-0.15, -0.1) is 0 Å². The van der Waals surface area contributed by atoms with Gasteiger partial charge in [0.2, 0.25) is 0 Å². The van der Waals surface area contributed by atoms with E-state index in [0.717, 1.165) is 12.8 Å². The Hall–Kier alpha value is -0.900. The molecule has 4 heteroatoms.